The minimum Gasteiger partial charge on any atom is -0.274 e. The summed E-state index contributed by atoms with van der Waals surface area (Å²) in [5, 5.41) is 0.183. The molecule has 0 spiro atoms. The molecule has 1 aromatic carbocycles. The molecule has 1 aliphatic carbocycles. The zero-order valence-electron chi connectivity index (χ0n) is 10.5. The number of imide groups is 1. The van der Waals surface area contributed by atoms with E-state index in [1.165, 1.54) is 6.07 Å². The van der Waals surface area contributed by atoms with Gasteiger partial charge in [0.1, 0.15) is 5.82 Å². The zero-order chi connectivity index (χ0) is 14.4. The van der Waals surface area contributed by atoms with Gasteiger partial charge in [0.2, 0.25) is 11.8 Å². The van der Waals surface area contributed by atoms with Crippen molar-refractivity contribution in [2.24, 2.45) is 11.8 Å². The Labute approximate surface area is 125 Å². The Hall–Kier alpha value is -1.13. The Morgan fingerprint density at radius 3 is 2.05 bits per heavy atom. The first-order valence-corrected chi connectivity index (χ1v) is 7.28. The maximum absolute atomic E-state index is 14.0. The van der Waals surface area contributed by atoms with Crippen molar-refractivity contribution in [3.05, 3.63) is 28.0 Å². The molecule has 3 nitrogen and oxygen atoms in total. The van der Waals surface area contributed by atoms with Gasteiger partial charge in [0.15, 0.2) is 0 Å². The maximum Gasteiger partial charge on any atom is 0.237 e. The third-order valence-electron chi connectivity index (χ3n) is 4.07. The lowest BCUT2D eigenvalue weighted by molar-refractivity contribution is -0.122. The van der Waals surface area contributed by atoms with E-state index in [9.17, 15) is 14.0 Å². The highest BCUT2D eigenvalue weighted by molar-refractivity contribution is 6.42. The highest BCUT2D eigenvalue weighted by Gasteiger charge is 2.49. The molecular formula is C14H12Cl2FNO2. The molecule has 2 unspecified atom stereocenters. The summed E-state index contributed by atoms with van der Waals surface area (Å²) in [4.78, 5) is 25.7. The van der Waals surface area contributed by atoms with Gasteiger partial charge in [-0.25, -0.2) is 9.29 Å². The Kier molecular flexibility index (Phi) is 3.46. The summed E-state index contributed by atoms with van der Waals surface area (Å²) in [7, 11) is 0. The number of nitrogens with zero attached hydrogens (tertiary/aromatic N) is 1. The fourth-order valence-corrected chi connectivity index (χ4v) is 3.39. The third-order valence-corrected chi connectivity index (χ3v) is 4.79. The third kappa shape index (κ3) is 2.02. The van der Waals surface area contributed by atoms with Crippen LogP contribution < -0.4 is 4.90 Å². The normalized spacial score (nSPS) is 26.1. The van der Waals surface area contributed by atoms with Crippen molar-refractivity contribution in [1.82, 2.24) is 0 Å². The Morgan fingerprint density at radius 2 is 1.50 bits per heavy atom. The lowest BCUT2D eigenvalue weighted by Crippen LogP contribution is -2.31. The number of carbonyl (C=O) groups excluding carboxylic acids is 2. The number of fused-ring (bicyclic) bond motifs is 1. The highest BCUT2D eigenvalue weighted by Crippen LogP contribution is 2.41. The van der Waals surface area contributed by atoms with E-state index in [2.05, 4.69) is 0 Å². The van der Waals surface area contributed by atoms with Crippen molar-refractivity contribution in [2.45, 2.75) is 25.7 Å². The molecule has 0 aromatic heterocycles. The molecule has 6 heteroatoms. The first-order chi connectivity index (χ1) is 9.50. The topological polar surface area (TPSA) is 37.4 Å². The molecule has 2 aliphatic rings. The summed E-state index contributed by atoms with van der Waals surface area (Å²) >= 11 is 11.6. The van der Waals surface area contributed by atoms with Gasteiger partial charge in [-0.1, -0.05) is 36.0 Å². The number of halogens is 3. The fourth-order valence-electron chi connectivity index (χ4n) is 3.08. The molecule has 1 aliphatic heterocycles. The summed E-state index contributed by atoms with van der Waals surface area (Å²) in [5.41, 5.74) is -0.0937. The van der Waals surface area contributed by atoms with Crippen LogP contribution in [0.2, 0.25) is 10.0 Å². The monoisotopic (exact) mass is 315 g/mol. The van der Waals surface area contributed by atoms with Crippen LogP contribution in [0.1, 0.15) is 25.7 Å². The fraction of sp³-hybridized carbons (Fsp3) is 0.429. The summed E-state index contributed by atoms with van der Waals surface area (Å²) in [6, 6.07) is 2.27. The molecule has 2 atom stereocenters. The van der Waals surface area contributed by atoms with Crippen LogP contribution in [0, 0.1) is 17.7 Å². The average Bonchev–Trinajstić information content (AvgIpc) is 2.68. The highest BCUT2D eigenvalue weighted by atomic mass is 35.5. The summed E-state index contributed by atoms with van der Waals surface area (Å²) in [6.45, 7) is 0. The first kappa shape index (κ1) is 13.8. The molecular weight excluding hydrogens is 304 g/mol. The van der Waals surface area contributed by atoms with Gasteiger partial charge in [-0.15, -0.1) is 0 Å². The Balaban J connectivity index is 2.04. The van der Waals surface area contributed by atoms with Gasteiger partial charge >= 0.3 is 0 Å². The maximum atomic E-state index is 14.0. The van der Waals surface area contributed by atoms with Gasteiger partial charge in [0.05, 0.1) is 27.6 Å². The minimum atomic E-state index is -0.709. The molecule has 2 amide bonds. The van der Waals surface area contributed by atoms with Gasteiger partial charge in [0.25, 0.3) is 0 Å². The number of anilines is 1. The summed E-state index contributed by atoms with van der Waals surface area (Å²) < 4.78 is 14.0. The molecule has 0 N–H and O–H groups in total. The Morgan fingerprint density at radius 1 is 1.00 bits per heavy atom. The summed E-state index contributed by atoms with van der Waals surface area (Å²) in [6.07, 6.45) is 3.24. The minimum absolute atomic E-state index is 0.0597. The second-order valence-electron chi connectivity index (χ2n) is 5.23. The average molecular weight is 316 g/mol. The molecule has 0 radical (unpaired) electrons. The van der Waals surface area contributed by atoms with Crippen LogP contribution in [-0.2, 0) is 9.59 Å². The number of carbonyl (C=O) groups is 2. The zero-order valence-corrected chi connectivity index (χ0v) is 12.0. The van der Waals surface area contributed by atoms with E-state index >= 15 is 0 Å². The Bertz CT molecular complexity index is 581. The quantitative estimate of drug-likeness (QED) is 0.583. The van der Waals surface area contributed by atoms with E-state index in [0.717, 1.165) is 23.8 Å². The van der Waals surface area contributed by atoms with Crippen LogP contribution in [0.25, 0.3) is 0 Å². The molecule has 1 heterocycles. The van der Waals surface area contributed by atoms with Crippen LogP contribution in [0.3, 0.4) is 0 Å². The van der Waals surface area contributed by atoms with Gasteiger partial charge in [-0.2, -0.15) is 0 Å². The molecule has 1 aromatic rings. The molecule has 1 saturated carbocycles. The number of rotatable bonds is 1. The van der Waals surface area contributed by atoms with E-state index in [-0.39, 0.29) is 39.4 Å². The predicted molar refractivity (Wildman–Crippen MR) is 74.4 cm³/mol. The van der Waals surface area contributed by atoms with Crippen LogP contribution in [0.5, 0.6) is 0 Å². The molecule has 106 valence electrons. The van der Waals surface area contributed by atoms with Crippen LogP contribution in [0.4, 0.5) is 10.1 Å². The van der Waals surface area contributed by atoms with E-state index in [4.69, 9.17) is 23.2 Å². The van der Waals surface area contributed by atoms with E-state index in [1.807, 2.05) is 0 Å². The van der Waals surface area contributed by atoms with Crippen LogP contribution in [0.15, 0.2) is 12.1 Å². The van der Waals surface area contributed by atoms with E-state index in [1.54, 1.807) is 0 Å². The predicted octanol–water partition coefficient (Wildman–Crippen LogP) is 3.81. The van der Waals surface area contributed by atoms with Crippen molar-refractivity contribution in [3.63, 3.8) is 0 Å². The number of amides is 2. The second kappa shape index (κ2) is 5.01. The van der Waals surface area contributed by atoms with Crippen LogP contribution in [-0.4, -0.2) is 11.8 Å². The largest absolute Gasteiger partial charge is 0.274 e. The summed E-state index contributed by atoms with van der Waals surface area (Å²) in [5.74, 6) is -1.98. The number of hydrogen-bond acceptors (Lipinski definition) is 2. The lowest BCUT2D eigenvalue weighted by Gasteiger charge is -2.19. The first-order valence-electron chi connectivity index (χ1n) is 6.53. The number of benzene rings is 1. The van der Waals surface area contributed by atoms with E-state index in [0.29, 0.717) is 12.8 Å². The van der Waals surface area contributed by atoms with Crippen molar-refractivity contribution in [2.75, 3.05) is 4.90 Å². The molecule has 2 fully saturated rings. The van der Waals surface area contributed by atoms with Crippen LogP contribution >= 0.6 is 23.2 Å². The van der Waals surface area contributed by atoms with Crippen molar-refractivity contribution in [1.29, 1.82) is 0 Å². The van der Waals surface area contributed by atoms with Crippen molar-refractivity contribution >= 4 is 40.7 Å². The SMILES string of the molecule is O=C1C2CCCCC2C(=O)N1c1cc(Cl)c(Cl)cc1F. The van der Waals surface area contributed by atoms with Crippen molar-refractivity contribution < 1.29 is 14.0 Å². The van der Waals surface area contributed by atoms with Gasteiger partial charge in [-0.05, 0) is 25.0 Å². The molecule has 0 bridgehead atoms. The molecule has 3 rings (SSSR count). The number of hydrogen-bond donors (Lipinski definition) is 0. The van der Waals surface area contributed by atoms with Gasteiger partial charge in [0, 0.05) is 0 Å². The van der Waals surface area contributed by atoms with Gasteiger partial charge < -0.3 is 0 Å². The molecule has 1 saturated heterocycles. The lowest BCUT2D eigenvalue weighted by atomic mass is 9.81. The second-order valence-corrected chi connectivity index (χ2v) is 6.04. The van der Waals surface area contributed by atoms with E-state index < -0.39 is 5.82 Å². The standard InChI is InChI=1S/C14H12Cl2FNO2/c15-9-5-11(17)12(6-10(9)16)18-13(19)7-3-1-2-4-8(7)14(18)20/h5-8H,1-4H2. The smallest absolute Gasteiger partial charge is 0.237 e. The molecule has 20 heavy (non-hydrogen) atoms. The van der Waals surface area contributed by atoms with Crippen molar-refractivity contribution in [3.8, 4) is 0 Å². The van der Waals surface area contributed by atoms with Gasteiger partial charge in [-0.3, -0.25) is 9.59 Å².